The van der Waals surface area contributed by atoms with Crippen LogP contribution >= 0.6 is 0 Å². The Hall–Kier alpha value is -2.89. The lowest BCUT2D eigenvalue weighted by molar-refractivity contribution is -0.137. The van der Waals surface area contributed by atoms with E-state index in [1.165, 1.54) is 12.1 Å². The minimum absolute atomic E-state index is 0.0464. The molecular formula is C18H18FNO4. The lowest BCUT2D eigenvalue weighted by Gasteiger charge is -2.19. The maximum absolute atomic E-state index is 14.5. The molecule has 0 aliphatic heterocycles. The zero-order valence-electron chi connectivity index (χ0n) is 13.3. The van der Waals surface area contributed by atoms with Crippen molar-refractivity contribution in [3.63, 3.8) is 0 Å². The molecule has 0 heterocycles. The Labute approximate surface area is 138 Å². The van der Waals surface area contributed by atoms with Gasteiger partial charge < -0.3 is 15.5 Å². The van der Waals surface area contributed by atoms with Crippen molar-refractivity contribution in [1.29, 1.82) is 0 Å². The van der Waals surface area contributed by atoms with Crippen LogP contribution in [0.2, 0.25) is 0 Å². The molecule has 0 aromatic heterocycles. The molecule has 0 spiro atoms. The molecular weight excluding hydrogens is 313 g/mol. The van der Waals surface area contributed by atoms with Crippen molar-refractivity contribution in [2.24, 2.45) is 0 Å². The maximum atomic E-state index is 14.5. The number of amides is 1. The van der Waals surface area contributed by atoms with Crippen LogP contribution in [0.4, 0.5) is 4.39 Å². The number of halogens is 1. The Kier molecular flexibility index (Phi) is 5.18. The summed E-state index contributed by atoms with van der Waals surface area (Å²) >= 11 is 0. The first-order valence-corrected chi connectivity index (χ1v) is 7.35. The highest BCUT2D eigenvalue weighted by molar-refractivity contribution is 5.75. The van der Waals surface area contributed by atoms with Crippen LogP contribution in [-0.4, -0.2) is 22.6 Å². The third kappa shape index (κ3) is 3.53. The van der Waals surface area contributed by atoms with Gasteiger partial charge in [-0.05, 0) is 48.7 Å². The standard InChI is InChI=1S/C18H18FNO4/c1-10-4-3-5-15(22)17(10)12-6-11(2)18(19)13(7-12)14(20-9-21)8-16(23)24/h3-7,9,14,22H,8H2,1-2H3,(H,20,21)(H,23,24)/t14-/m0/s1. The summed E-state index contributed by atoms with van der Waals surface area (Å²) in [5.74, 6) is -1.69. The van der Waals surface area contributed by atoms with E-state index < -0.39 is 24.2 Å². The molecule has 0 aliphatic carbocycles. The predicted octanol–water partition coefficient (Wildman–Crippen LogP) is 3.08. The van der Waals surface area contributed by atoms with E-state index >= 15 is 0 Å². The van der Waals surface area contributed by atoms with Gasteiger partial charge in [0.25, 0.3) is 0 Å². The van der Waals surface area contributed by atoms with Crippen molar-refractivity contribution < 1.29 is 24.2 Å². The number of hydrogen-bond acceptors (Lipinski definition) is 3. The van der Waals surface area contributed by atoms with Crippen LogP contribution in [-0.2, 0) is 9.59 Å². The van der Waals surface area contributed by atoms with E-state index in [-0.39, 0.29) is 11.3 Å². The number of rotatable bonds is 6. The van der Waals surface area contributed by atoms with Gasteiger partial charge in [0.1, 0.15) is 11.6 Å². The number of aromatic hydroxyl groups is 1. The first kappa shape index (κ1) is 17.5. The third-order valence-electron chi connectivity index (χ3n) is 3.85. The van der Waals surface area contributed by atoms with Crippen molar-refractivity contribution in [3.8, 4) is 16.9 Å². The summed E-state index contributed by atoms with van der Waals surface area (Å²) in [7, 11) is 0. The third-order valence-corrected chi connectivity index (χ3v) is 3.85. The normalized spacial score (nSPS) is 11.8. The number of phenols is 1. The second-order valence-electron chi connectivity index (χ2n) is 5.60. The summed E-state index contributed by atoms with van der Waals surface area (Å²) in [4.78, 5) is 21.8. The fourth-order valence-corrected chi connectivity index (χ4v) is 2.74. The molecule has 0 unspecified atom stereocenters. The Balaban J connectivity index is 2.63. The van der Waals surface area contributed by atoms with Gasteiger partial charge in [0.2, 0.25) is 6.41 Å². The molecule has 0 saturated carbocycles. The zero-order chi connectivity index (χ0) is 17.9. The summed E-state index contributed by atoms with van der Waals surface area (Å²) in [5, 5.41) is 21.5. The van der Waals surface area contributed by atoms with Gasteiger partial charge in [-0.3, -0.25) is 9.59 Å². The molecule has 1 atom stereocenters. The second kappa shape index (κ2) is 7.12. The Bertz CT molecular complexity index is 769. The molecule has 2 aromatic carbocycles. The molecule has 0 saturated heterocycles. The Morgan fingerprint density at radius 1 is 1.29 bits per heavy atom. The summed E-state index contributed by atoms with van der Waals surface area (Å²) in [5.41, 5.74) is 2.27. The quantitative estimate of drug-likeness (QED) is 0.710. The van der Waals surface area contributed by atoms with E-state index in [4.69, 9.17) is 5.11 Å². The van der Waals surface area contributed by atoms with Gasteiger partial charge in [0.15, 0.2) is 0 Å². The summed E-state index contributed by atoms with van der Waals surface area (Å²) in [6.45, 7) is 3.36. The fourth-order valence-electron chi connectivity index (χ4n) is 2.74. The van der Waals surface area contributed by atoms with Gasteiger partial charge in [-0.1, -0.05) is 12.1 Å². The smallest absolute Gasteiger partial charge is 0.305 e. The minimum Gasteiger partial charge on any atom is -0.507 e. The van der Waals surface area contributed by atoms with E-state index in [1.807, 2.05) is 13.0 Å². The van der Waals surface area contributed by atoms with Gasteiger partial charge in [-0.2, -0.15) is 0 Å². The first-order valence-electron chi connectivity index (χ1n) is 7.35. The van der Waals surface area contributed by atoms with Crippen LogP contribution in [0.3, 0.4) is 0 Å². The van der Waals surface area contributed by atoms with Crippen molar-refractivity contribution in [3.05, 3.63) is 52.8 Å². The van der Waals surface area contributed by atoms with E-state index in [2.05, 4.69) is 5.32 Å². The predicted molar refractivity (Wildman–Crippen MR) is 87.2 cm³/mol. The summed E-state index contributed by atoms with van der Waals surface area (Å²) in [6, 6.07) is 7.09. The molecule has 6 heteroatoms. The molecule has 0 radical (unpaired) electrons. The Morgan fingerprint density at radius 2 is 2.00 bits per heavy atom. The SMILES string of the molecule is Cc1cc(-c2c(C)cccc2O)cc([C@H](CC(=O)O)NC=O)c1F. The van der Waals surface area contributed by atoms with Crippen LogP contribution in [0.25, 0.3) is 11.1 Å². The molecule has 3 N–H and O–H groups in total. The number of aryl methyl sites for hydroxylation is 2. The van der Waals surface area contributed by atoms with Crippen LogP contribution in [0.5, 0.6) is 5.75 Å². The average Bonchev–Trinajstić information content (AvgIpc) is 2.49. The van der Waals surface area contributed by atoms with Crippen molar-refractivity contribution >= 4 is 12.4 Å². The fraction of sp³-hybridized carbons (Fsp3) is 0.222. The molecule has 2 aromatic rings. The van der Waals surface area contributed by atoms with Crippen LogP contribution < -0.4 is 5.32 Å². The Morgan fingerprint density at radius 3 is 2.58 bits per heavy atom. The van der Waals surface area contributed by atoms with Crippen LogP contribution in [0.1, 0.15) is 29.2 Å². The van der Waals surface area contributed by atoms with Gasteiger partial charge in [-0.15, -0.1) is 0 Å². The monoisotopic (exact) mass is 331 g/mol. The van der Waals surface area contributed by atoms with Crippen LogP contribution in [0, 0.1) is 19.7 Å². The number of phenolic OH excluding ortho intramolecular Hbond substituents is 1. The minimum atomic E-state index is -1.16. The molecule has 0 aliphatic rings. The highest BCUT2D eigenvalue weighted by Gasteiger charge is 2.22. The number of carboxylic acids is 1. The summed E-state index contributed by atoms with van der Waals surface area (Å²) in [6.07, 6.45) is -0.0986. The maximum Gasteiger partial charge on any atom is 0.305 e. The number of carboxylic acid groups (broad SMARTS) is 1. The number of carbonyl (C=O) groups is 2. The number of aliphatic carboxylic acids is 1. The van der Waals surface area contributed by atoms with E-state index in [1.54, 1.807) is 19.1 Å². The number of hydrogen-bond donors (Lipinski definition) is 3. The largest absolute Gasteiger partial charge is 0.507 e. The molecule has 2 rings (SSSR count). The van der Waals surface area contributed by atoms with Crippen molar-refractivity contribution in [1.82, 2.24) is 5.32 Å². The molecule has 0 bridgehead atoms. The van der Waals surface area contributed by atoms with Gasteiger partial charge in [0, 0.05) is 11.1 Å². The molecule has 1 amide bonds. The van der Waals surface area contributed by atoms with Crippen molar-refractivity contribution in [2.75, 3.05) is 0 Å². The topological polar surface area (TPSA) is 86.6 Å². The number of nitrogens with one attached hydrogen (secondary N) is 1. The zero-order valence-corrected chi connectivity index (χ0v) is 13.3. The van der Waals surface area contributed by atoms with Crippen LogP contribution in [0.15, 0.2) is 30.3 Å². The molecule has 0 fully saturated rings. The van der Waals surface area contributed by atoms with E-state index in [0.717, 1.165) is 5.56 Å². The van der Waals surface area contributed by atoms with Gasteiger partial charge in [0.05, 0.1) is 12.5 Å². The van der Waals surface area contributed by atoms with Gasteiger partial charge in [-0.25, -0.2) is 4.39 Å². The second-order valence-corrected chi connectivity index (χ2v) is 5.60. The molecule has 126 valence electrons. The number of carbonyl (C=O) groups excluding carboxylic acids is 1. The summed E-state index contributed by atoms with van der Waals surface area (Å²) < 4.78 is 14.5. The average molecular weight is 331 g/mol. The first-order chi connectivity index (χ1) is 11.3. The molecule has 24 heavy (non-hydrogen) atoms. The highest BCUT2D eigenvalue weighted by atomic mass is 19.1. The lowest BCUT2D eigenvalue weighted by Crippen LogP contribution is -2.23. The molecule has 5 nitrogen and oxygen atoms in total. The van der Waals surface area contributed by atoms with E-state index in [9.17, 15) is 19.1 Å². The number of benzene rings is 2. The van der Waals surface area contributed by atoms with Gasteiger partial charge >= 0.3 is 5.97 Å². The van der Waals surface area contributed by atoms with Crippen molar-refractivity contribution in [2.45, 2.75) is 26.3 Å². The highest BCUT2D eigenvalue weighted by Crippen LogP contribution is 2.35. The van der Waals surface area contributed by atoms with E-state index in [0.29, 0.717) is 23.1 Å². The lowest BCUT2D eigenvalue weighted by atomic mass is 9.92.